The van der Waals surface area contributed by atoms with Crippen molar-refractivity contribution in [3.05, 3.63) is 173 Å². The van der Waals surface area contributed by atoms with Crippen LogP contribution in [0.3, 0.4) is 0 Å². The van der Waals surface area contributed by atoms with Crippen molar-refractivity contribution in [1.82, 2.24) is 4.57 Å². The molecule has 3 heterocycles. The molecule has 0 atom stereocenters. The topological polar surface area (TPSA) is 30.1 Å². The molecule has 0 saturated heterocycles. The first-order chi connectivity index (χ1) is 29.9. The quantitative estimate of drug-likeness (QED) is 0.181. The number of rotatable bonds is 3. The minimum Gasteiger partial charge on any atom is -0.456 e. The Hall–Kier alpha value is -6.78. The van der Waals surface area contributed by atoms with Crippen LogP contribution in [0.25, 0.3) is 82.8 Å². The molecule has 3 nitrogen and oxygen atoms in total. The maximum absolute atomic E-state index is 6.56. The van der Waals surface area contributed by atoms with Crippen molar-refractivity contribution in [3.8, 4) is 39.1 Å². The number of aromatic nitrogens is 1. The van der Waals surface area contributed by atoms with E-state index >= 15 is 0 Å². The molecule has 0 unspecified atom stereocenters. The van der Waals surface area contributed by atoms with Crippen LogP contribution in [0.15, 0.2) is 150 Å². The number of nitrogens with zero attached hydrogens (tertiary/aromatic N) is 1. The van der Waals surface area contributed by atoms with Crippen molar-refractivity contribution >= 4 is 73.3 Å². The lowest BCUT2D eigenvalue weighted by molar-refractivity contribution is 0.590. The predicted molar refractivity (Wildman–Crippen MR) is 262 cm³/mol. The first-order valence-corrected chi connectivity index (χ1v) is 22.1. The van der Waals surface area contributed by atoms with Gasteiger partial charge in [-0.25, -0.2) is 0 Å². The van der Waals surface area contributed by atoms with Gasteiger partial charge in [0.2, 0.25) is 0 Å². The van der Waals surface area contributed by atoms with Crippen LogP contribution < -0.4 is 16.2 Å². The number of hydrogen-bond donors (Lipinski definition) is 1. The Balaban J connectivity index is 1.11. The maximum atomic E-state index is 6.56. The molecule has 13 rings (SSSR count). The summed E-state index contributed by atoms with van der Waals surface area (Å²) >= 11 is 0. The van der Waals surface area contributed by atoms with E-state index in [0.29, 0.717) is 0 Å². The number of hydrogen-bond acceptors (Lipinski definition) is 2. The van der Waals surface area contributed by atoms with E-state index in [1.54, 1.807) is 0 Å². The summed E-state index contributed by atoms with van der Waals surface area (Å²) in [4.78, 5) is 0. The van der Waals surface area contributed by atoms with Crippen LogP contribution in [0, 0.1) is 0 Å². The van der Waals surface area contributed by atoms with Crippen molar-refractivity contribution in [3.63, 3.8) is 0 Å². The first kappa shape index (κ1) is 35.9. The van der Waals surface area contributed by atoms with E-state index < -0.39 is 0 Å². The van der Waals surface area contributed by atoms with Crippen molar-refractivity contribution in [2.45, 2.75) is 64.7 Å². The number of fused-ring (bicyclic) bond motifs is 14. The standard InChI is InChI=1S/C58H46BN2O/c1-56(2,3)32-20-22-33(23-21-32)60-49-30-47-39(34-14-8-11-17-44(34)58(47,6)7)26-41(49)37-24-25-38-42-27-46-40(35-15-9-12-18-45(35)57(46,4)5)28-50(42)61-51-29-43-36-16-10-13-19-52(36)62-53(43)31-48(51)59-54(37)55(38)61/h8-31,60H,1-7H3. The van der Waals surface area contributed by atoms with E-state index in [2.05, 4.69) is 211 Å². The molecule has 0 bridgehead atoms. The Labute approximate surface area is 363 Å². The number of nitrogens with one attached hydrogen (secondary N) is 1. The molecule has 297 valence electrons. The minimum atomic E-state index is -0.141. The number of benzene rings is 8. The van der Waals surface area contributed by atoms with Crippen molar-refractivity contribution in [2.75, 3.05) is 5.32 Å². The average molecular weight is 798 g/mol. The average Bonchev–Trinajstić information content (AvgIpc) is 3.93. The molecule has 0 spiro atoms. The fraction of sp³-hybridized carbons (Fsp3) is 0.172. The number of anilines is 2. The van der Waals surface area contributed by atoms with Gasteiger partial charge in [0.05, 0.1) is 5.52 Å². The van der Waals surface area contributed by atoms with E-state index in [4.69, 9.17) is 4.42 Å². The third-order valence-corrected chi connectivity index (χ3v) is 14.8. The summed E-state index contributed by atoms with van der Waals surface area (Å²) in [5.74, 6) is 0. The van der Waals surface area contributed by atoms with Crippen LogP contribution >= 0.6 is 0 Å². The van der Waals surface area contributed by atoms with E-state index in [9.17, 15) is 0 Å². The van der Waals surface area contributed by atoms with Crippen LogP contribution in [0.4, 0.5) is 11.4 Å². The third-order valence-electron chi connectivity index (χ3n) is 14.8. The zero-order valence-corrected chi connectivity index (χ0v) is 36.3. The second-order valence-electron chi connectivity index (χ2n) is 20.1. The lowest BCUT2D eigenvalue weighted by atomic mass is 9.59. The van der Waals surface area contributed by atoms with Crippen molar-refractivity contribution in [1.29, 1.82) is 0 Å². The lowest BCUT2D eigenvalue weighted by Gasteiger charge is -2.26. The summed E-state index contributed by atoms with van der Waals surface area (Å²) in [6.07, 6.45) is 0. The summed E-state index contributed by atoms with van der Waals surface area (Å²) in [5.41, 5.74) is 24.3. The van der Waals surface area contributed by atoms with E-state index in [1.807, 2.05) is 0 Å². The molecule has 62 heavy (non-hydrogen) atoms. The minimum absolute atomic E-state index is 0.0724. The van der Waals surface area contributed by atoms with Crippen molar-refractivity contribution in [2.24, 2.45) is 0 Å². The molecule has 0 fully saturated rings. The molecule has 2 aromatic heterocycles. The SMILES string of the molecule is CC(C)(C)c1ccc(Nc2cc3c(cc2-c2ccc4c5cc6c(cc5n5c4c2[B]c2cc4oc7ccccc7c4cc2-5)-c2ccccc2C6(C)C)-c2ccccc2C3(C)C)cc1. The van der Waals surface area contributed by atoms with Gasteiger partial charge in [-0.1, -0.05) is 145 Å². The smallest absolute Gasteiger partial charge is 0.198 e. The highest BCUT2D eigenvalue weighted by molar-refractivity contribution is 6.73. The molecule has 8 aromatic carbocycles. The summed E-state index contributed by atoms with van der Waals surface area (Å²) in [5, 5.41) is 8.81. The number of para-hydroxylation sites is 1. The highest BCUT2D eigenvalue weighted by atomic mass is 16.3. The van der Waals surface area contributed by atoms with E-state index in [1.165, 1.54) is 94.2 Å². The molecule has 2 aliphatic carbocycles. The predicted octanol–water partition coefficient (Wildman–Crippen LogP) is 14.0. The van der Waals surface area contributed by atoms with Gasteiger partial charge in [0.25, 0.3) is 0 Å². The monoisotopic (exact) mass is 797 g/mol. The fourth-order valence-corrected chi connectivity index (χ4v) is 11.5. The van der Waals surface area contributed by atoms with Crippen molar-refractivity contribution < 1.29 is 4.42 Å². The number of furan rings is 1. The first-order valence-electron chi connectivity index (χ1n) is 22.1. The Morgan fingerprint density at radius 1 is 0.516 bits per heavy atom. The molecule has 1 N–H and O–H groups in total. The van der Waals surface area contributed by atoms with Gasteiger partial charge in [0, 0.05) is 60.5 Å². The highest BCUT2D eigenvalue weighted by Crippen LogP contribution is 2.54. The molecule has 0 saturated carbocycles. The van der Waals surface area contributed by atoms with Gasteiger partial charge in [-0.05, 0) is 121 Å². The maximum Gasteiger partial charge on any atom is 0.198 e. The van der Waals surface area contributed by atoms with Gasteiger partial charge < -0.3 is 14.3 Å². The Morgan fingerprint density at radius 3 is 1.90 bits per heavy atom. The summed E-state index contributed by atoms with van der Waals surface area (Å²) < 4.78 is 9.13. The zero-order valence-electron chi connectivity index (χ0n) is 36.3. The van der Waals surface area contributed by atoms with Gasteiger partial charge in [0.1, 0.15) is 11.2 Å². The molecule has 0 amide bonds. The van der Waals surface area contributed by atoms with Crippen LogP contribution in [0.2, 0.25) is 0 Å². The lowest BCUT2D eigenvalue weighted by Crippen LogP contribution is -2.37. The molecular formula is C58H46BN2O. The van der Waals surface area contributed by atoms with Gasteiger partial charge in [-0.3, -0.25) is 0 Å². The molecule has 1 radical (unpaired) electrons. The normalized spacial score (nSPS) is 15.1. The zero-order chi connectivity index (χ0) is 42.0. The van der Waals surface area contributed by atoms with Gasteiger partial charge in [-0.2, -0.15) is 0 Å². The van der Waals surface area contributed by atoms with Gasteiger partial charge >= 0.3 is 0 Å². The summed E-state index contributed by atoms with van der Waals surface area (Å²) in [6, 6.07) is 54.7. The Bertz CT molecular complexity index is 3610. The molecule has 3 aliphatic rings. The highest BCUT2D eigenvalue weighted by Gasteiger charge is 2.39. The molecule has 4 heteroatoms. The largest absolute Gasteiger partial charge is 0.456 e. The molecular weight excluding hydrogens is 751 g/mol. The van der Waals surface area contributed by atoms with Crippen LogP contribution in [-0.2, 0) is 16.2 Å². The van der Waals surface area contributed by atoms with E-state index in [0.717, 1.165) is 38.8 Å². The summed E-state index contributed by atoms with van der Waals surface area (Å²) in [7, 11) is 2.43. The second kappa shape index (κ2) is 12.0. The van der Waals surface area contributed by atoms with Crippen LogP contribution in [0.1, 0.15) is 76.3 Å². The summed E-state index contributed by atoms with van der Waals surface area (Å²) in [6.45, 7) is 16.3. The van der Waals surface area contributed by atoms with Gasteiger partial charge in [0.15, 0.2) is 7.28 Å². The second-order valence-corrected chi connectivity index (χ2v) is 20.1. The molecule has 10 aromatic rings. The Kier molecular flexibility index (Phi) is 6.94. The van der Waals surface area contributed by atoms with Crippen LogP contribution in [-0.4, -0.2) is 11.8 Å². The van der Waals surface area contributed by atoms with Gasteiger partial charge in [-0.15, -0.1) is 0 Å². The fourth-order valence-electron chi connectivity index (χ4n) is 11.5. The third kappa shape index (κ3) is 4.73. The van der Waals surface area contributed by atoms with E-state index in [-0.39, 0.29) is 16.2 Å². The van der Waals surface area contributed by atoms with Crippen LogP contribution in [0.5, 0.6) is 0 Å². The molecule has 1 aliphatic heterocycles. The Morgan fingerprint density at radius 2 is 1.18 bits per heavy atom.